The summed E-state index contributed by atoms with van der Waals surface area (Å²) in [6.45, 7) is 6.91. The molecule has 2 aliphatic heterocycles. The second-order valence-corrected chi connectivity index (χ2v) is 7.46. The van der Waals surface area contributed by atoms with E-state index in [2.05, 4.69) is 43.4 Å². The molecule has 2 fully saturated rings. The predicted molar refractivity (Wildman–Crippen MR) is 96.1 cm³/mol. The fourth-order valence-corrected chi connectivity index (χ4v) is 3.70. The van der Waals surface area contributed by atoms with E-state index in [4.69, 9.17) is 4.74 Å². The predicted octanol–water partition coefficient (Wildman–Crippen LogP) is 3.53. The summed E-state index contributed by atoms with van der Waals surface area (Å²) in [7, 11) is 0. The lowest BCUT2D eigenvalue weighted by molar-refractivity contribution is 0.0977. The molecule has 24 heavy (non-hydrogen) atoms. The molecule has 2 atom stereocenters. The lowest BCUT2D eigenvalue weighted by Gasteiger charge is -2.40. The van der Waals surface area contributed by atoms with Crippen LogP contribution in [0.2, 0.25) is 0 Å². The van der Waals surface area contributed by atoms with Crippen LogP contribution >= 0.6 is 0 Å². The number of likely N-dealkylation sites (tertiary alicyclic amines) is 1. The zero-order valence-corrected chi connectivity index (χ0v) is 15.0. The number of rotatable bonds is 6. The first kappa shape index (κ1) is 17.3. The number of carbonyl (C=O) groups is 1. The van der Waals surface area contributed by atoms with Crippen LogP contribution in [-0.2, 0) is 11.2 Å². The van der Waals surface area contributed by atoms with Crippen molar-refractivity contribution in [2.24, 2.45) is 5.92 Å². The Morgan fingerprint density at radius 1 is 1.38 bits per heavy atom. The van der Waals surface area contributed by atoms with E-state index in [0.717, 1.165) is 39.0 Å². The molecule has 0 unspecified atom stereocenters. The van der Waals surface area contributed by atoms with E-state index < -0.39 is 0 Å². The number of hydrogen-bond acceptors (Lipinski definition) is 2. The SMILES string of the molecule is Cc1ccccc1CC1CN(C(=O)N[C@H](C)CC[C@H]2CCCO2)C1. The fraction of sp³-hybridized carbons (Fsp3) is 0.650. The Balaban J connectivity index is 1.34. The third-order valence-electron chi connectivity index (χ3n) is 5.33. The topological polar surface area (TPSA) is 41.6 Å². The van der Waals surface area contributed by atoms with E-state index in [1.54, 1.807) is 0 Å². The van der Waals surface area contributed by atoms with Gasteiger partial charge in [-0.1, -0.05) is 24.3 Å². The monoisotopic (exact) mass is 330 g/mol. The molecule has 1 N–H and O–H groups in total. The van der Waals surface area contributed by atoms with Gasteiger partial charge in [0.25, 0.3) is 0 Å². The van der Waals surface area contributed by atoms with E-state index in [0.29, 0.717) is 12.0 Å². The highest BCUT2D eigenvalue weighted by Crippen LogP contribution is 2.22. The Labute approximate surface area is 145 Å². The van der Waals surface area contributed by atoms with Crippen LogP contribution < -0.4 is 5.32 Å². The van der Waals surface area contributed by atoms with Crippen LogP contribution in [0.5, 0.6) is 0 Å². The molecule has 4 heteroatoms. The molecule has 0 aromatic heterocycles. The van der Waals surface area contributed by atoms with E-state index >= 15 is 0 Å². The van der Waals surface area contributed by atoms with Crippen molar-refractivity contribution in [3.8, 4) is 0 Å². The van der Waals surface area contributed by atoms with Gasteiger partial charge in [-0.2, -0.15) is 0 Å². The van der Waals surface area contributed by atoms with Crippen LogP contribution in [0.15, 0.2) is 24.3 Å². The number of nitrogens with one attached hydrogen (secondary N) is 1. The zero-order chi connectivity index (χ0) is 16.9. The molecule has 0 aliphatic carbocycles. The van der Waals surface area contributed by atoms with Gasteiger partial charge < -0.3 is 15.0 Å². The normalized spacial score (nSPS) is 22.2. The maximum absolute atomic E-state index is 12.3. The van der Waals surface area contributed by atoms with Crippen molar-refractivity contribution in [2.45, 2.75) is 58.1 Å². The van der Waals surface area contributed by atoms with Gasteiger partial charge >= 0.3 is 6.03 Å². The summed E-state index contributed by atoms with van der Waals surface area (Å²) in [5.41, 5.74) is 2.76. The van der Waals surface area contributed by atoms with Gasteiger partial charge in [0.1, 0.15) is 0 Å². The number of urea groups is 1. The molecule has 0 spiro atoms. The Kier molecular flexibility index (Phi) is 5.77. The van der Waals surface area contributed by atoms with Gasteiger partial charge in [0.05, 0.1) is 6.10 Å². The molecule has 0 saturated carbocycles. The van der Waals surface area contributed by atoms with E-state index in [1.165, 1.54) is 24.0 Å². The van der Waals surface area contributed by atoms with Gasteiger partial charge in [0, 0.05) is 25.7 Å². The highest BCUT2D eigenvalue weighted by Gasteiger charge is 2.31. The first-order valence-corrected chi connectivity index (χ1v) is 9.33. The lowest BCUT2D eigenvalue weighted by atomic mass is 9.90. The Morgan fingerprint density at radius 2 is 2.17 bits per heavy atom. The first-order valence-electron chi connectivity index (χ1n) is 9.33. The Morgan fingerprint density at radius 3 is 2.88 bits per heavy atom. The molecule has 2 amide bonds. The molecule has 0 bridgehead atoms. The summed E-state index contributed by atoms with van der Waals surface area (Å²) in [6, 6.07) is 8.85. The third kappa shape index (κ3) is 4.50. The number of aryl methyl sites for hydroxylation is 1. The van der Waals surface area contributed by atoms with Crippen molar-refractivity contribution in [1.82, 2.24) is 10.2 Å². The van der Waals surface area contributed by atoms with E-state index in [9.17, 15) is 4.79 Å². The largest absolute Gasteiger partial charge is 0.378 e. The highest BCUT2D eigenvalue weighted by atomic mass is 16.5. The minimum absolute atomic E-state index is 0.0934. The average Bonchev–Trinajstić information content (AvgIpc) is 3.03. The van der Waals surface area contributed by atoms with Crippen LogP contribution in [0, 0.1) is 12.8 Å². The van der Waals surface area contributed by atoms with Crippen molar-refractivity contribution in [3.05, 3.63) is 35.4 Å². The number of benzene rings is 1. The van der Waals surface area contributed by atoms with Crippen molar-refractivity contribution in [2.75, 3.05) is 19.7 Å². The van der Waals surface area contributed by atoms with Crippen molar-refractivity contribution >= 4 is 6.03 Å². The van der Waals surface area contributed by atoms with Crippen LogP contribution in [0.3, 0.4) is 0 Å². The Hall–Kier alpha value is -1.55. The van der Waals surface area contributed by atoms with Gasteiger partial charge in [0.2, 0.25) is 0 Å². The second-order valence-electron chi connectivity index (χ2n) is 7.46. The summed E-state index contributed by atoms with van der Waals surface area (Å²) >= 11 is 0. The third-order valence-corrected chi connectivity index (χ3v) is 5.33. The van der Waals surface area contributed by atoms with Gasteiger partial charge in [-0.3, -0.25) is 0 Å². The van der Waals surface area contributed by atoms with Crippen molar-refractivity contribution < 1.29 is 9.53 Å². The first-order chi connectivity index (χ1) is 11.6. The molecule has 2 aliphatic rings. The summed E-state index contributed by atoms with van der Waals surface area (Å²) in [5.74, 6) is 0.596. The molecule has 1 aromatic carbocycles. The second kappa shape index (κ2) is 8.02. The van der Waals surface area contributed by atoms with Crippen molar-refractivity contribution in [1.29, 1.82) is 0 Å². The number of hydrogen-bond donors (Lipinski definition) is 1. The summed E-state index contributed by atoms with van der Waals surface area (Å²) in [4.78, 5) is 14.2. The van der Waals surface area contributed by atoms with Crippen LogP contribution in [0.25, 0.3) is 0 Å². The molecule has 132 valence electrons. The molecule has 3 rings (SSSR count). The number of ether oxygens (including phenoxy) is 1. The number of amides is 2. The summed E-state index contributed by atoms with van der Waals surface area (Å²) in [6.07, 6.45) is 5.89. The molecular weight excluding hydrogens is 300 g/mol. The Bertz CT molecular complexity index is 548. The quantitative estimate of drug-likeness (QED) is 0.867. The highest BCUT2D eigenvalue weighted by molar-refractivity contribution is 5.75. The van der Waals surface area contributed by atoms with E-state index in [1.807, 2.05) is 4.90 Å². The van der Waals surface area contributed by atoms with Crippen LogP contribution in [0.1, 0.15) is 43.7 Å². The lowest BCUT2D eigenvalue weighted by Crippen LogP contribution is -2.55. The zero-order valence-electron chi connectivity index (χ0n) is 15.0. The number of nitrogens with zero attached hydrogens (tertiary/aromatic N) is 1. The molecule has 0 radical (unpaired) electrons. The van der Waals surface area contributed by atoms with Crippen LogP contribution in [-0.4, -0.2) is 42.8 Å². The number of carbonyl (C=O) groups excluding carboxylic acids is 1. The molecule has 2 saturated heterocycles. The van der Waals surface area contributed by atoms with Crippen LogP contribution in [0.4, 0.5) is 4.79 Å². The fourth-order valence-electron chi connectivity index (χ4n) is 3.70. The molecule has 4 nitrogen and oxygen atoms in total. The standard InChI is InChI=1S/C20H30N2O2/c1-15-6-3-4-7-18(15)12-17-13-22(14-17)20(23)21-16(2)9-10-19-8-5-11-24-19/h3-4,6-7,16-17,19H,5,8-14H2,1-2H3,(H,21,23)/t16-,19-/m1/s1. The summed E-state index contributed by atoms with van der Waals surface area (Å²) in [5, 5.41) is 3.13. The van der Waals surface area contributed by atoms with Gasteiger partial charge in [-0.05, 0) is 63.0 Å². The minimum Gasteiger partial charge on any atom is -0.378 e. The molecule has 2 heterocycles. The minimum atomic E-state index is 0.0934. The van der Waals surface area contributed by atoms with Gasteiger partial charge in [-0.15, -0.1) is 0 Å². The molecule has 1 aromatic rings. The van der Waals surface area contributed by atoms with Gasteiger partial charge in [0.15, 0.2) is 0 Å². The maximum atomic E-state index is 12.3. The maximum Gasteiger partial charge on any atom is 0.317 e. The smallest absolute Gasteiger partial charge is 0.317 e. The van der Waals surface area contributed by atoms with Crippen molar-refractivity contribution in [3.63, 3.8) is 0 Å². The molecular formula is C20H30N2O2. The average molecular weight is 330 g/mol. The van der Waals surface area contributed by atoms with Gasteiger partial charge in [-0.25, -0.2) is 4.79 Å². The summed E-state index contributed by atoms with van der Waals surface area (Å²) < 4.78 is 5.65. The van der Waals surface area contributed by atoms with E-state index in [-0.39, 0.29) is 12.1 Å².